The van der Waals surface area contributed by atoms with Crippen LogP contribution in [0.2, 0.25) is 0 Å². The van der Waals surface area contributed by atoms with Gasteiger partial charge in [-0.25, -0.2) is 4.73 Å². The van der Waals surface area contributed by atoms with Gasteiger partial charge in [0.25, 0.3) is 0 Å². The molecule has 1 saturated carbocycles. The van der Waals surface area contributed by atoms with Gasteiger partial charge in [0.2, 0.25) is 5.69 Å². The van der Waals surface area contributed by atoms with Crippen LogP contribution in [-0.4, -0.2) is 9.94 Å². The van der Waals surface area contributed by atoms with Crippen molar-refractivity contribution in [3.05, 3.63) is 59.6 Å². The molecule has 2 bridgehead atoms. The Hall–Kier alpha value is -2.75. The maximum absolute atomic E-state index is 13.2. The Morgan fingerprint density at radius 2 is 1.83 bits per heavy atom. The molecule has 0 amide bonds. The zero-order valence-corrected chi connectivity index (χ0v) is 13.0. The monoisotopic (exact) mass is 316 g/mol. The fourth-order valence-electron chi connectivity index (χ4n) is 5.11. The lowest BCUT2D eigenvalue weighted by molar-refractivity contribution is -0.606. The summed E-state index contributed by atoms with van der Waals surface area (Å²) < 4.78 is 2.17. The molecular weight excluding hydrogens is 300 g/mol. The standard InChI is InChI=1S/C20H16N2O2/c23-21-18-14-5-1-3-12-4-2-6-15(17(12)14)19(18)22(24)20(21)16-10-11-7-8-13(16)9-11/h1-8,11,13,16,23H,9-10H2/t11-,13-,16-/m0/s1. The summed E-state index contributed by atoms with van der Waals surface area (Å²) in [6, 6.07) is 12.0. The second-order valence-corrected chi connectivity index (χ2v) is 7.26. The number of fused-ring (bicyclic) bond motifs is 5. The Labute approximate surface area is 138 Å². The van der Waals surface area contributed by atoms with Crippen molar-refractivity contribution in [2.75, 3.05) is 0 Å². The summed E-state index contributed by atoms with van der Waals surface area (Å²) in [5.74, 6) is 1.55. The smallest absolute Gasteiger partial charge is 0.304 e. The average Bonchev–Trinajstić information content (AvgIpc) is 3.33. The molecular formula is C20H16N2O2. The van der Waals surface area contributed by atoms with E-state index in [0.29, 0.717) is 29.0 Å². The predicted molar refractivity (Wildman–Crippen MR) is 90.6 cm³/mol. The minimum absolute atomic E-state index is 0.111. The van der Waals surface area contributed by atoms with Gasteiger partial charge in [-0.05, 0) is 46.9 Å². The fraction of sp³-hybridized carbons (Fsp3) is 0.250. The van der Waals surface area contributed by atoms with Crippen LogP contribution >= 0.6 is 0 Å². The number of hydrogen-bond acceptors (Lipinski definition) is 2. The molecule has 0 aliphatic heterocycles. The van der Waals surface area contributed by atoms with Crippen LogP contribution in [0.4, 0.5) is 0 Å². The van der Waals surface area contributed by atoms with Crippen molar-refractivity contribution >= 4 is 10.8 Å². The average molecular weight is 316 g/mol. The van der Waals surface area contributed by atoms with Crippen LogP contribution in [0.5, 0.6) is 0 Å². The van der Waals surface area contributed by atoms with Crippen LogP contribution in [0.15, 0.2) is 48.6 Å². The Balaban J connectivity index is 1.66. The van der Waals surface area contributed by atoms with Gasteiger partial charge < -0.3 is 10.4 Å². The highest BCUT2D eigenvalue weighted by Gasteiger charge is 2.46. The van der Waals surface area contributed by atoms with E-state index in [-0.39, 0.29) is 5.92 Å². The molecule has 1 heterocycles. The number of benzene rings is 2. The molecule has 3 atom stereocenters. The van der Waals surface area contributed by atoms with Crippen LogP contribution < -0.4 is 4.73 Å². The van der Waals surface area contributed by atoms with Crippen molar-refractivity contribution in [1.29, 1.82) is 0 Å². The van der Waals surface area contributed by atoms with Crippen molar-refractivity contribution in [2.24, 2.45) is 11.8 Å². The maximum Gasteiger partial charge on any atom is 0.304 e. The molecule has 4 heteroatoms. The maximum atomic E-state index is 13.2. The third-order valence-corrected chi connectivity index (χ3v) is 6.09. The molecule has 3 aliphatic rings. The molecule has 24 heavy (non-hydrogen) atoms. The summed E-state index contributed by atoms with van der Waals surface area (Å²) in [7, 11) is 0. The molecule has 118 valence electrons. The molecule has 3 aromatic rings. The highest BCUT2D eigenvalue weighted by atomic mass is 16.5. The fourth-order valence-corrected chi connectivity index (χ4v) is 5.11. The topological polar surface area (TPSA) is 52.1 Å². The summed E-state index contributed by atoms with van der Waals surface area (Å²) in [5.41, 5.74) is 3.14. The Morgan fingerprint density at radius 1 is 1.04 bits per heavy atom. The molecule has 0 spiro atoms. The zero-order chi connectivity index (χ0) is 16.0. The van der Waals surface area contributed by atoms with Crippen LogP contribution in [0.3, 0.4) is 0 Å². The van der Waals surface area contributed by atoms with Gasteiger partial charge in [0.15, 0.2) is 5.69 Å². The summed E-state index contributed by atoms with van der Waals surface area (Å²) in [6.07, 6.45) is 6.53. The summed E-state index contributed by atoms with van der Waals surface area (Å²) in [6.45, 7) is 0. The van der Waals surface area contributed by atoms with Gasteiger partial charge in [-0.2, -0.15) is 0 Å². The van der Waals surface area contributed by atoms with E-state index in [0.717, 1.165) is 39.5 Å². The van der Waals surface area contributed by atoms with Crippen molar-refractivity contribution in [1.82, 2.24) is 4.73 Å². The molecule has 6 rings (SSSR count). The molecule has 1 aromatic heterocycles. The quantitative estimate of drug-likeness (QED) is 0.251. The van der Waals surface area contributed by atoms with Crippen molar-refractivity contribution in [3.8, 4) is 22.5 Å². The summed E-state index contributed by atoms with van der Waals surface area (Å²) in [4.78, 5) is 0. The van der Waals surface area contributed by atoms with Gasteiger partial charge in [-0.1, -0.05) is 36.4 Å². The van der Waals surface area contributed by atoms with E-state index in [9.17, 15) is 10.4 Å². The highest BCUT2D eigenvalue weighted by Crippen LogP contribution is 2.51. The molecule has 2 aromatic carbocycles. The number of imidazole rings is 1. The Morgan fingerprint density at radius 3 is 2.54 bits per heavy atom. The second kappa shape index (κ2) is 4.01. The Kier molecular flexibility index (Phi) is 2.11. The molecule has 1 N–H and O–H groups in total. The van der Waals surface area contributed by atoms with E-state index in [4.69, 9.17) is 0 Å². The molecule has 0 saturated heterocycles. The third kappa shape index (κ3) is 1.30. The number of hydrogen-bond donors (Lipinski definition) is 1. The van der Waals surface area contributed by atoms with Crippen LogP contribution in [0.25, 0.3) is 33.3 Å². The van der Waals surface area contributed by atoms with Gasteiger partial charge in [-0.15, -0.1) is 0 Å². The zero-order valence-electron chi connectivity index (χ0n) is 13.0. The molecule has 3 aliphatic carbocycles. The number of nitrogens with zero attached hydrogens (tertiary/aromatic N) is 2. The van der Waals surface area contributed by atoms with E-state index in [1.807, 2.05) is 36.4 Å². The predicted octanol–water partition coefficient (Wildman–Crippen LogP) is 3.84. The van der Waals surface area contributed by atoms with Crippen molar-refractivity contribution < 1.29 is 9.94 Å². The molecule has 1 fully saturated rings. The van der Waals surface area contributed by atoms with E-state index >= 15 is 0 Å². The largest absolute Gasteiger partial charge is 0.710 e. The third-order valence-electron chi connectivity index (χ3n) is 6.09. The minimum atomic E-state index is 0.111. The lowest BCUT2D eigenvalue weighted by Crippen LogP contribution is -2.35. The second-order valence-electron chi connectivity index (χ2n) is 7.26. The first kappa shape index (κ1) is 12.6. The van der Waals surface area contributed by atoms with E-state index in [1.54, 1.807) is 0 Å². The first-order valence-electron chi connectivity index (χ1n) is 8.52. The van der Waals surface area contributed by atoms with Gasteiger partial charge in [0, 0.05) is 16.5 Å². The highest BCUT2D eigenvalue weighted by molar-refractivity contribution is 6.12. The van der Waals surface area contributed by atoms with Gasteiger partial charge in [0.1, 0.15) is 0 Å². The van der Waals surface area contributed by atoms with Crippen LogP contribution in [0, 0.1) is 17.0 Å². The number of aromatic nitrogens is 2. The number of rotatable bonds is 1. The van der Waals surface area contributed by atoms with Crippen molar-refractivity contribution in [3.63, 3.8) is 0 Å². The van der Waals surface area contributed by atoms with E-state index in [2.05, 4.69) is 12.2 Å². The lowest BCUT2D eigenvalue weighted by Gasteiger charge is -2.17. The first-order chi connectivity index (χ1) is 11.7. The van der Waals surface area contributed by atoms with E-state index < -0.39 is 0 Å². The van der Waals surface area contributed by atoms with Gasteiger partial charge in [0.05, 0.1) is 5.92 Å². The summed E-state index contributed by atoms with van der Waals surface area (Å²) in [5, 5.41) is 26.2. The number of allylic oxidation sites excluding steroid dienone is 2. The van der Waals surface area contributed by atoms with Gasteiger partial charge in [-0.3, -0.25) is 0 Å². The first-order valence-corrected chi connectivity index (χ1v) is 8.52. The van der Waals surface area contributed by atoms with E-state index in [1.165, 1.54) is 4.73 Å². The normalized spacial score (nSPS) is 25.8. The molecule has 0 unspecified atom stereocenters. The van der Waals surface area contributed by atoms with Crippen LogP contribution in [-0.2, 0) is 0 Å². The molecule has 4 nitrogen and oxygen atoms in total. The van der Waals surface area contributed by atoms with Gasteiger partial charge >= 0.3 is 5.82 Å². The van der Waals surface area contributed by atoms with Crippen LogP contribution in [0.1, 0.15) is 24.6 Å². The van der Waals surface area contributed by atoms with Crippen molar-refractivity contribution in [2.45, 2.75) is 18.8 Å². The SMILES string of the molecule is [O-][n+]1c2c(n(O)c1[C@H]1C[C@H]3C=C[C@H]1C3)-c1cccc3cccc-2c13. The Bertz CT molecular complexity index is 1000. The molecule has 0 radical (unpaired) electrons. The summed E-state index contributed by atoms with van der Waals surface area (Å²) >= 11 is 0. The lowest BCUT2D eigenvalue weighted by atomic mass is 9.93. The minimum Gasteiger partial charge on any atom is -0.710 e.